The van der Waals surface area contributed by atoms with Gasteiger partial charge in [-0.2, -0.15) is 0 Å². The molecular formula is C11H7F3Se. The van der Waals surface area contributed by atoms with Gasteiger partial charge in [0.05, 0.1) is 0 Å². The van der Waals surface area contributed by atoms with Crippen LogP contribution in [0.4, 0.5) is 13.2 Å². The van der Waals surface area contributed by atoms with Gasteiger partial charge in [0.2, 0.25) is 0 Å². The van der Waals surface area contributed by atoms with Gasteiger partial charge in [0.25, 0.3) is 0 Å². The number of halogens is 3. The van der Waals surface area contributed by atoms with Crippen molar-refractivity contribution in [2.75, 3.05) is 0 Å². The second-order valence-corrected chi connectivity index (χ2v) is 5.04. The summed E-state index contributed by atoms with van der Waals surface area (Å²) in [5, 5.41) is 0. The Kier molecular flexibility index (Phi) is 2.72. The Morgan fingerprint density at radius 3 is 2.07 bits per heavy atom. The maximum absolute atomic E-state index is 12.3. The molecule has 2 aromatic rings. The predicted octanol–water partition coefficient (Wildman–Crippen LogP) is 3.43. The summed E-state index contributed by atoms with van der Waals surface area (Å²) in [5.41, 5.74) is 0.290. The molecule has 15 heavy (non-hydrogen) atoms. The first-order valence-corrected chi connectivity index (χ1v) is 6.13. The Bertz CT molecular complexity index is 426. The van der Waals surface area contributed by atoms with Gasteiger partial charge in [0, 0.05) is 0 Å². The number of alkyl halides is 3. The summed E-state index contributed by atoms with van der Waals surface area (Å²) < 4.78 is 37.9. The zero-order valence-electron chi connectivity index (χ0n) is 7.58. The van der Waals surface area contributed by atoms with Gasteiger partial charge in [-0.1, -0.05) is 0 Å². The van der Waals surface area contributed by atoms with Crippen LogP contribution in [0.25, 0.3) is 10.0 Å². The van der Waals surface area contributed by atoms with Crippen LogP contribution in [0.5, 0.6) is 0 Å². The summed E-state index contributed by atoms with van der Waals surface area (Å²) in [7, 11) is 0. The topological polar surface area (TPSA) is 0 Å². The first-order chi connectivity index (χ1) is 7.07. The van der Waals surface area contributed by atoms with Crippen LogP contribution in [0.1, 0.15) is 5.56 Å². The number of hydrogen-bond acceptors (Lipinski definition) is 0. The van der Waals surface area contributed by atoms with Crippen molar-refractivity contribution in [1.29, 1.82) is 0 Å². The third kappa shape index (κ3) is 2.33. The molecule has 1 heterocycles. The Morgan fingerprint density at radius 2 is 1.60 bits per heavy atom. The minimum absolute atomic E-state index is 0.264. The van der Waals surface area contributed by atoms with Gasteiger partial charge in [-0.25, -0.2) is 0 Å². The predicted molar refractivity (Wildman–Crippen MR) is 53.8 cm³/mol. The standard InChI is InChI=1S/C11H7F3Se/c12-11(13,14)9-5-3-8(4-6-9)10-2-1-7-15-10/h1-7H. The molecule has 4 heteroatoms. The van der Waals surface area contributed by atoms with Crippen molar-refractivity contribution in [1.82, 2.24) is 0 Å². The van der Waals surface area contributed by atoms with E-state index < -0.39 is 11.7 Å². The maximum atomic E-state index is 12.3. The van der Waals surface area contributed by atoms with Crippen molar-refractivity contribution >= 4 is 14.5 Å². The first kappa shape index (κ1) is 10.5. The molecule has 0 radical (unpaired) electrons. The van der Waals surface area contributed by atoms with Gasteiger partial charge < -0.3 is 0 Å². The van der Waals surface area contributed by atoms with E-state index in [2.05, 4.69) is 0 Å². The monoisotopic (exact) mass is 276 g/mol. The van der Waals surface area contributed by atoms with Gasteiger partial charge in [-0.15, -0.1) is 0 Å². The normalized spacial score (nSPS) is 11.7. The van der Waals surface area contributed by atoms with Crippen LogP contribution < -0.4 is 0 Å². The molecule has 1 aromatic carbocycles. The molecule has 0 saturated heterocycles. The first-order valence-electron chi connectivity index (χ1n) is 4.28. The fourth-order valence-corrected chi connectivity index (χ4v) is 2.80. The van der Waals surface area contributed by atoms with E-state index in [0.29, 0.717) is 0 Å². The molecule has 0 fully saturated rings. The van der Waals surface area contributed by atoms with Gasteiger partial charge in [0.15, 0.2) is 0 Å². The van der Waals surface area contributed by atoms with Gasteiger partial charge in [-0.3, -0.25) is 0 Å². The van der Waals surface area contributed by atoms with E-state index in [1.54, 1.807) is 0 Å². The van der Waals surface area contributed by atoms with Crippen LogP contribution in [-0.2, 0) is 6.18 Å². The van der Waals surface area contributed by atoms with Gasteiger partial charge in [0.1, 0.15) is 0 Å². The molecule has 0 aliphatic carbocycles. The zero-order valence-corrected chi connectivity index (χ0v) is 9.30. The number of hydrogen-bond donors (Lipinski definition) is 0. The van der Waals surface area contributed by atoms with Gasteiger partial charge >= 0.3 is 90.8 Å². The molecule has 78 valence electrons. The molecule has 2 rings (SSSR count). The summed E-state index contributed by atoms with van der Waals surface area (Å²) >= 11 is 0.264. The third-order valence-electron chi connectivity index (χ3n) is 2.02. The Balaban J connectivity index is 2.33. The minimum atomic E-state index is -4.24. The van der Waals surface area contributed by atoms with E-state index >= 15 is 0 Å². The molecule has 0 N–H and O–H groups in total. The summed E-state index contributed by atoms with van der Waals surface area (Å²) in [6.07, 6.45) is -4.24. The van der Waals surface area contributed by atoms with E-state index in [1.165, 1.54) is 12.1 Å². The second-order valence-electron chi connectivity index (χ2n) is 3.05. The van der Waals surface area contributed by atoms with E-state index in [4.69, 9.17) is 0 Å². The summed E-state index contributed by atoms with van der Waals surface area (Å²) in [6.45, 7) is 0. The molecule has 0 nitrogen and oxygen atoms in total. The Hall–Kier alpha value is -0.991. The van der Waals surface area contributed by atoms with E-state index in [9.17, 15) is 13.2 Å². The molecule has 0 aliphatic rings. The number of benzene rings is 1. The molecule has 0 aliphatic heterocycles. The third-order valence-corrected chi connectivity index (χ3v) is 3.95. The van der Waals surface area contributed by atoms with Crippen molar-refractivity contribution in [3.63, 3.8) is 0 Å². The van der Waals surface area contributed by atoms with E-state index in [0.717, 1.165) is 22.1 Å². The fourth-order valence-electron chi connectivity index (χ4n) is 1.27. The van der Waals surface area contributed by atoms with Crippen molar-refractivity contribution < 1.29 is 13.2 Å². The summed E-state index contributed by atoms with van der Waals surface area (Å²) in [5.74, 6) is 0. The van der Waals surface area contributed by atoms with E-state index in [1.807, 2.05) is 17.1 Å². The Morgan fingerprint density at radius 1 is 0.933 bits per heavy atom. The molecular weight excluding hydrogens is 268 g/mol. The van der Waals surface area contributed by atoms with Crippen LogP contribution in [0.3, 0.4) is 0 Å². The van der Waals surface area contributed by atoms with Crippen molar-refractivity contribution in [2.45, 2.75) is 6.18 Å². The molecule has 0 atom stereocenters. The molecule has 0 spiro atoms. The average Bonchev–Trinajstić information content (AvgIpc) is 2.69. The number of rotatable bonds is 1. The van der Waals surface area contributed by atoms with Crippen molar-refractivity contribution in [3.8, 4) is 10.0 Å². The molecule has 0 saturated carbocycles. The van der Waals surface area contributed by atoms with Crippen LogP contribution in [0.2, 0.25) is 0 Å². The van der Waals surface area contributed by atoms with Crippen LogP contribution >= 0.6 is 0 Å². The van der Waals surface area contributed by atoms with E-state index in [-0.39, 0.29) is 14.5 Å². The van der Waals surface area contributed by atoms with Crippen molar-refractivity contribution in [3.05, 3.63) is 46.9 Å². The van der Waals surface area contributed by atoms with Gasteiger partial charge in [-0.05, 0) is 0 Å². The zero-order chi connectivity index (χ0) is 10.9. The second kappa shape index (κ2) is 3.87. The Labute approximate surface area is 91.1 Å². The summed E-state index contributed by atoms with van der Waals surface area (Å²) in [6, 6.07) is 9.21. The summed E-state index contributed by atoms with van der Waals surface area (Å²) in [4.78, 5) is 2.04. The van der Waals surface area contributed by atoms with Crippen LogP contribution in [0, 0.1) is 0 Å². The van der Waals surface area contributed by atoms with Crippen molar-refractivity contribution in [2.24, 2.45) is 0 Å². The average molecular weight is 275 g/mol. The van der Waals surface area contributed by atoms with Crippen LogP contribution in [0.15, 0.2) is 41.3 Å². The molecule has 0 unspecified atom stereocenters. The van der Waals surface area contributed by atoms with Crippen LogP contribution in [-0.4, -0.2) is 14.5 Å². The molecule has 1 aromatic heterocycles. The SMILES string of the molecule is FC(F)(F)c1ccc(-c2ccc[se]2)cc1. The fraction of sp³-hybridized carbons (Fsp3) is 0.0909. The quantitative estimate of drug-likeness (QED) is 0.699. The molecule has 0 amide bonds. The molecule has 0 bridgehead atoms.